The summed E-state index contributed by atoms with van der Waals surface area (Å²) in [6.45, 7) is 1.96. The number of carbonyl (C=O) groups excluding carboxylic acids is 1. The van der Waals surface area contributed by atoms with Gasteiger partial charge in [-0.15, -0.1) is 11.3 Å². The lowest BCUT2D eigenvalue weighted by Gasteiger charge is -2.05. The number of aryl methyl sites for hydroxylation is 1. The van der Waals surface area contributed by atoms with E-state index in [1.807, 2.05) is 19.1 Å². The van der Waals surface area contributed by atoms with Gasteiger partial charge in [-0.3, -0.25) is 4.79 Å². The van der Waals surface area contributed by atoms with Crippen LogP contribution in [0, 0.1) is 6.92 Å². The summed E-state index contributed by atoms with van der Waals surface area (Å²) in [5.74, 6) is 1.75. The predicted octanol–water partition coefficient (Wildman–Crippen LogP) is 3.63. The van der Waals surface area contributed by atoms with E-state index in [0.717, 1.165) is 17.1 Å². The molecule has 23 heavy (non-hydrogen) atoms. The van der Waals surface area contributed by atoms with Crippen molar-refractivity contribution in [2.45, 2.75) is 25.2 Å². The third-order valence-electron chi connectivity index (χ3n) is 4.44. The first kappa shape index (κ1) is 14.3. The van der Waals surface area contributed by atoms with Gasteiger partial charge in [-0.1, -0.05) is 12.1 Å². The second-order valence-corrected chi connectivity index (χ2v) is 6.84. The molecule has 2 atom stereocenters. The summed E-state index contributed by atoms with van der Waals surface area (Å²) in [7, 11) is 1.65. The van der Waals surface area contributed by atoms with E-state index in [9.17, 15) is 4.79 Å². The molecule has 5 heteroatoms. The predicted molar refractivity (Wildman–Crippen MR) is 92.1 cm³/mol. The van der Waals surface area contributed by atoms with Crippen LogP contribution in [0.2, 0.25) is 0 Å². The Labute approximate surface area is 138 Å². The summed E-state index contributed by atoms with van der Waals surface area (Å²) in [5.41, 5.74) is 3.16. The number of nitrogens with zero attached hydrogens (tertiary/aromatic N) is 2. The lowest BCUT2D eigenvalue weighted by Crippen LogP contribution is -2.17. The minimum Gasteiger partial charge on any atom is -0.355 e. The van der Waals surface area contributed by atoms with Crippen LogP contribution in [0.25, 0.3) is 10.2 Å². The molecule has 2 unspecified atom stereocenters. The molecule has 1 amide bonds. The number of benzene rings is 1. The monoisotopic (exact) mass is 323 g/mol. The van der Waals surface area contributed by atoms with Gasteiger partial charge in [0.15, 0.2) is 0 Å². The Morgan fingerprint density at radius 3 is 2.70 bits per heavy atom. The Morgan fingerprint density at radius 1 is 1.17 bits per heavy atom. The standard InChI is InChI=1S/C18H17N3OS/c1-10-20-16(13-7-8-23-18(13)21-10)15-9-14(15)11-3-5-12(6-4-11)17(22)19-2/h3-8,14-15H,9H2,1-2H3,(H,19,22). The number of hydrogen-bond donors (Lipinski definition) is 1. The van der Waals surface area contributed by atoms with Crippen molar-refractivity contribution in [2.24, 2.45) is 0 Å². The van der Waals surface area contributed by atoms with Gasteiger partial charge >= 0.3 is 0 Å². The van der Waals surface area contributed by atoms with Gasteiger partial charge in [-0.2, -0.15) is 0 Å². The average Bonchev–Trinajstić information content (AvgIpc) is 3.23. The normalized spacial score (nSPS) is 19.7. The van der Waals surface area contributed by atoms with Crippen LogP contribution < -0.4 is 5.32 Å². The number of amides is 1. The smallest absolute Gasteiger partial charge is 0.251 e. The molecule has 3 aromatic rings. The van der Waals surface area contributed by atoms with E-state index in [2.05, 4.69) is 33.9 Å². The molecular weight excluding hydrogens is 306 g/mol. The van der Waals surface area contributed by atoms with Gasteiger partial charge in [0.05, 0.1) is 5.69 Å². The van der Waals surface area contributed by atoms with Crippen molar-refractivity contribution in [2.75, 3.05) is 7.05 Å². The molecule has 1 N–H and O–H groups in total. The van der Waals surface area contributed by atoms with Crippen molar-refractivity contribution < 1.29 is 4.79 Å². The van der Waals surface area contributed by atoms with Crippen molar-refractivity contribution in [1.29, 1.82) is 0 Å². The first-order valence-electron chi connectivity index (χ1n) is 7.71. The zero-order valence-corrected chi connectivity index (χ0v) is 13.9. The SMILES string of the molecule is CNC(=O)c1ccc(C2CC2c2nc(C)nc3sccc23)cc1. The Balaban J connectivity index is 1.62. The third-order valence-corrected chi connectivity index (χ3v) is 5.24. The van der Waals surface area contributed by atoms with E-state index in [0.29, 0.717) is 17.4 Å². The molecule has 2 heterocycles. The van der Waals surface area contributed by atoms with E-state index < -0.39 is 0 Å². The van der Waals surface area contributed by atoms with E-state index in [-0.39, 0.29) is 5.91 Å². The summed E-state index contributed by atoms with van der Waals surface area (Å²) in [6, 6.07) is 10.0. The van der Waals surface area contributed by atoms with Crippen molar-refractivity contribution in [3.63, 3.8) is 0 Å². The van der Waals surface area contributed by atoms with Gasteiger partial charge in [-0.25, -0.2) is 9.97 Å². The fraction of sp³-hybridized carbons (Fsp3) is 0.278. The number of aromatic nitrogens is 2. The fourth-order valence-corrected chi connectivity index (χ4v) is 3.98. The summed E-state index contributed by atoms with van der Waals surface area (Å²) < 4.78 is 0. The molecule has 0 saturated heterocycles. The maximum atomic E-state index is 11.6. The molecule has 0 bridgehead atoms. The molecule has 1 aromatic carbocycles. The van der Waals surface area contributed by atoms with Crippen LogP contribution >= 0.6 is 11.3 Å². The second-order valence-electron chi connectivity index (χ2n) is 5.95. The highest BCUT2D eigenvalue weighted by atomic mass is 32.1. The molecule has 1 saturated carbocycles. The summed E-state index contributed by atoms with van der Waals surface area (Å²) in [5, 5.41) is 5.92. The van der Waals surface area contributed by atoms with Crippen LogP contribution in [0.5, 0.6) is 0 Å². The molecule has 1 aliphatic rings. The highest BCUT2D eigenvalue weighted by Gasteiger charge is 2.41. The minimum atomic E-state index is -0.0460. The molecule has 0 radical (unpaired) electrons. The molecule has 4 nitrogen and oxygen atoms in total. The Kier molecular flexibility index (Phi) is 3.38. The van der Waals surface area contributed by atoms with Crippen LogP contribution in [0.1, 0.15) is 45.7 Å². The van der Waals surface area contributed by atoms with Gasteiger partial charge in [0.1, 0.15) is 10.7 Å². The Hall–Kier alpha value is -2.27. The summed E-state index contributed by atoms with van der Waals surface area (Å²) in [4.78, 5) is 21.9. The van der Waals surface area contributed by atoms with Gasteiger partial charge < -0.3 is 5.32 Å². The molecule has 1 aliphatic carbocycles. The molecule has 0 aliphatic heterocycles. The quantitative estimate of drug-likeness (QED) is 0.801. The van der Waals surface area contributed by atoms with Gasteiger partial charge in [-0.05, 0) is 48.4 Å². The van der Waals surface area contributed by atoms with Crippen LogP contribution in [-0.2, 0) is 0 Å². The van der Waals surface area contributed by atoms with Gasteiger partial charge in [0.2, 0.25) is 0 Å². The first-order chi connectivity index (χ1) is 11.2. The summed E-state index contributed by atoms with van der Waals surface area (Å²) in [6.07, 6.45) is 1.11. The van der Waals surface area contributed by atoms with E-state index in [4.69, 9.17) is 4.98 Å². The van der Waals surface area contributed by atoms with E-state index >= 15 is 0 Å². The molecule has 116 valence electrons. The van der Waals surface area contributed by atoms with Gasteiger partial charge in [0, 0.05) is 23.9 Å². The lowest BCUT2D eigenvalue weighted by atomic mass is 10.0. The van der Waals surface area contributed by atoms with Crippen LogP contribution in [0.4, 0.5) is 0 Å². The fourth-order valence-electron chi connectivity index (χ4n) is 3.16. The zero-order valence-electron chi connectivity index (χ0n) is 13.0. The molecular formula is C18H17N3OS. The van der Waals surface area contributed by atoms with Crippen molar-refractivity contribution in [3.05, 3.63) is 58.4 Å². The molecule has 0 spiro atoms. The number of fused-ring (bicyclic) bond motifs is 1. The maximum Gasteiger partial charge on any atom is 0.251 e. The highest BCUT2D eigenvalue weighted by Crippen LogP contribution is 2.55. The second kappa shape index (κ2) is 5.42. The number of nitrogens with one attached hydrogen (secondary N) is 1. The molecule has 2 aromatic heterocycles. The number of hydrogen-bond acceptors (Lipinski definition) is 4. The van der Waals surface area contributed by atoms with Crippen LogP contribution in [-0.4, -0.2) is 22.9 Å². The topological polar surface area (TPSA) is 54.9 Å². The number of rotatable bonds is 3. The van der Waals surface area contributed by atoms with Crippen LogP contribution in [0.3, 0.4) is 0 Å². The number of carbonyl (C=O) groups is 1. The molecule has 4 rings (SSSR count). The zero-order chi connectivity index (χ0) is 16.0. The van der Waals surface area contributed by atoms with Crippen molar-refractivity contribution in [1.82, 2.24) is 15.3 Å². The largest absolute Gasteiger partial charge is 0.355 e. The lowest BCUT2D eigenvalue weighted by molar-refractivity contribution is 0.0963. The van der Waals surface area contributed by atoms with E-state index in [1.165, 1.54) is 16.6 Å². The highest BCUT2D eigenvalue weighted by molar-refractivity contribution is 7.16. The molecule has 1 fully saturated rings. The summed E-state index contributed by atoms with van der Waals surface area (Å²) >= 11 is 1.67. The number of thiophene rings is 1. The minimum absolute atomic E-state index is 0.0460. The third kappa shape index (κ3) is 2.51. The average molecular weight is 323 g/mol. The maximum absolute atomic E-state index is 11.6. The Bertz CT molecular complexity index is 885. The van der Waals surface area contributed by atoms with E-state index in [1.54, 1.807) is 18.4 Å². The first-order valence-corrected chi connectivity index (χ1v) is 8.59. The Morgan fingerprint density at radius 2 is 1.96 bits per heavy atom. The van der Waals surface area contributed by atoms with Gasteiger partial charge in [0.25, 0.3) is 5.91 Å². The van der Waals surface area contributed by atoms with Crippen LogP contribution in [0.15, 0.2) is 35.7 Å². The van der Waals surface area contributed by atoms with Crippen molar-refractivity contribution in [3.8, 4) is 0 Å². The van der Waals surface area contributed by atoms with Crippen molar-refractivity contribution >= 4 is 27.5 Å².